The van der Waals surface area contributed by atoms with E-state index in [2.05, 4.69) is 71.4 Å². The summed E-state index contributed by atoms with van der Waals surface area (Å²) in [5.41, 5.74) is 4.88. The van der Waals surface area contributed by atoms with Gasteiger partial charge in [0.25, 0.3) is 0 Å². The minimum atomic E-state index is 0.823. The van der Waals surface area contributed by atoms with Crippen LogP contribution in [0.1, 0.15) is 30.7 Å². The minimum Gasteiger partial charge on any atom is -0.346 e. The van der Waals surface area contributed by atoms with Gasteiger partial charge in [-0.1, -0.05) is 19.1 Å². The maximum Gasteiger partial charge on any atom is 0.173 e. The van der Waals surface area contributed by atoms with Crippen molar-refractivity contribution in [3.05, 3.63) is 47.3 Å². The fourth-order valence-corrected chi connectivity index (χ4v) is 3.55. The van der Waals surface area contributed by atoms with E-state index in [1.165, 1.54) is 11.1 Å². The Kier molecular flexibility index (Phi) is 6.27. The standard InChI is InChI=1S/C20H29N5S/c1-4-17-6-8-19(9-7-17)21-20(26)24-12-10-23(11-13-24)14-18-15-25(5-2)22-16(18)3/h6-9,15H,4-5,10-14H2,1-3H3,(H,21,26). The number of aromatic nitrogens is 2. The number of rotatable bonds is 5. The van der Waals surface area contributed by atoms with Gasteiger partial charge in [-0.15, -0.1) is 0 Å². The zero-order valence-electron chi connectivity index (χ0n) is 16.0. The molecule has 1 aromatic carbocycles. The number of hydrogen-bond donors (Lipinski definition) is 1. The molecule has 0 spiro atoms. The van der Waals surface area contributed by atoms with Gasteiger partial charge in [0.15, 0.2) is 5.11 Å². The lowest BCUT2D eigenvalue weighted by Gasteiger charge is -2.36. The second-order valence-electron chi connectivity index (χ2n) is 6.84. The molecule has 2 aromatic rings. The predicted octanol–water partition coefficient (Wildman–Crippen LogP) is 3.29. The third kappa shape index (κ3) is 4.62. The number of nitrogens with one attached hydrogen (secondary N) is 1. The Morgan fingerprint density at radius 2 is 1.81 bits per heavy atom. The van der Waals surface area contributed by atoms with E-state index in [0.717, 1.165) is 62.2 Å². The van der Waals surface area contributed by atoms with Gasteiger partial charge in [-0.05, 0) is 50.2 Å². The molecule has 3 rings (SSSR count). The van der Waals surface area contributed by atoms with E-state index < -0.39 is 0 Å². The largest absolute Gasteiger partial charge is 0.346 e. The van der Waals surface area contributed by atoms with Crippen LogP contribution in [0.5, 0.6) is 0 Å². The summed E-state index contributed by atoms with van der Waals surface area (Å²) < 4.78 is 2.02. The smallest absolute Gasteiger partial charge is 0.173 e. The summed E-state index contributed by atoms with van der Waals surface area (Å²) >= 11 is 5.61. The topological polar surface area (TPSA) is 36.3 Å². The molecule has 0 amide bonds. The van der Waals surface area contributed by atoms with Crippen LogP contribution in [-0.4, -0.2) is 50.9 Å². The van der Waals surface area contributed by atoms with Crippen LogP contribution in [0.3, 0.4) is 0 Å². The van der Waals surface area contributed by atoms with Crippen molar-refractivity contribution in [3.8, 4) is 0 Å². The van der Waals surface area contributed by atoms with Crippen LogP contribution in [0.15, 0.2) is 30.5 Å². The lowest BCUT2D eigenvalue weighted by atomic mass is 10.1. The Hall–Kier alpha value is -1.92. The number of anilines is 1. The first-order chi connectivity index (χ1) is 12.6. The Balaban J connectivity index is 1.49. The molecule has 5 nitrogen and oxygen atoms in total. The number of benzene rings is 1. The Morgan fingerprint density at radius 1 is 1.12 bits per heavy atom. The zero-order chi connectivity index (χ0) is 18.5. The summed E-state index contributed by atoms with van der Waals surface area (Å²) in [5, 5.41) is 8.74. The molecule has 0 atom stereocenters. The summed E-state index contributed by atoms with van der Waals surface area (Å²) in [4.78, 5) is 4.75. The SMILES string of the molecule is CCc1ccc(NC(=S)N2CCN(Cc3cn(CC)nc3C)CC2)cc1. The van der Waals surface area contributed by atoms with Crippen molar-refractivity contribution in [2.24, 2.45) is 0 Å². The molecule has 0 saturated carbocycles. The van der Waals surface area contributed by atoms with Gasteiger partial charge in [-0.2, -0.15) is 5.10 Å². The fourth-order valence-electron chi connectivity index (χ4n) is 3.25. The minimum absolute atomic E-state index is 0.823. The molecule has 0 unspecified atom stereocenters. The molecule has 0 radical (unpaired) electrons. The van der Waals surface area contributed by atoms with Crippen molar-refractivity contribution in [1.29, 1.82) is 0 Å². The molecule has 1 fully saturated rings. The molecule has 1 aliphatic heterocycles. The van der Waals surface area contributed by atoms with Gasteiger partial charge in [-0.3, -0.25) is 9.58 Å². The molecule has 1 aliphatic rings. The maximum absolute atomic E-state index is 5.61. The Labute approximate surface area is 162 Å². The van der Waals surface area contributed by atoms with Crippen LogP contribution in [0.2, 0.25) is 0 Å². The van der Waals surface area contributed by atoms with E-state index in [1.54, 1.807) is 0 Å². The van der Waals surface area contributed by atoms with Crippen LogP contribution < -0.4 is 5.32 Å². The van der Waals surface area contributed by atoms with Crippen molar-refractivity contribution in [2.45, 2.75) is 40.3 Å². The van der Waals surface area contributed by atoms with Crippen LogP contribution in [0.25, 0.3) is 0 Å². The Morgan fingerprint density at radius 3 is 2.38 bits per heavy atom. The summed E-state index contributed by atoms with van der Waals surface area (Å²) in [5.74, 6) is 0. The number of piperazine rings is 1. The van der Waals surface area contributed by atoms with E-state index >= 15 is 0 Å². The van der Waals surface area contributed by atoms with Gasteiger partial charge >= 0.3 is 0 Å². The Bertz CT molecular complexity index is 729. The van der Waals surface area contributed by atoms with Gasteiger partial charge < -0.3 is 10.2 Å². The second-order valence-corrected chi connectivity index (χ2v) is 7.23. The molecule has 1 saturated heterocycles. The number of thiocarbonyl (C=S) groups is 1. The van der Waals surface area contributed by atoms with Crippen molar-refractivity contribution in [2.75, 3.05) is 31.5 Å². The van der Waals surface area contributed by atoms with E-state index in [4.69, 9.17) is 12.2 Å². The van der Waals surface area contributed by atoms with E-state index in [0.29, 0.717) is 0 Å². The van der Waals surface area contributed by atoms with Gasteiger partial charge in [-0.25, -0.2) is 0 Å². The number of aryl methyl sites for hydroxylation is 3. The molecule has 1 aromatic heterocycles. The van der Waals surface area contributed by atoms with Crippen molar-refractivity contribution < 1.29 is 0 Å². The number of nitrogens with zero attached hydrogens (tertiary/aromatic N) is 4. The van der Waals surface area contributed by atoms with Gasteiger partial charge in [0.2, 0.25) is 0 Å². The van der Waals surface area contributed by atoms with E-state index in [9.17, 15) is 0 Å². The molecule has 0 bridgehead atoms. The van der Waals surface area contributed by atoms with Crippen molar-refractivity contribution in [1.82, 2.24) is 19.6 Å². The molecule has 6 heteroatoms. The molecule has 26 heavy (non-hydrogen) atoms. The highest BCUT2D eigenvalue weighted by Crippen LogP contribution is 2.14. The second kappa shape index (κ2) is 8.64. The first-order valence-corrected chi connectivity index (χ1v) is 9.90. The quantitative estimate of drug-likeness (QED) is 0.816. The first-order valence-electron chi connectivity index (χ1n) is 9.49. The van der Waals surface area contributed by atoms with Crippen molar-refractivity contribution in [3.63, 3.8) is 0 Å². The van der Waals surface area contributed by atoms with Crippen LogP contribution in [0.4, 0.5) is 5.69 Å². The van der Waals surface area contributed by atoms with E-state index in [1.807, 2.05) is 4.68 Å². The first kappa shape index (κ1) is 18.9. The van der Waals surface area contributed by atoms with E-state index in [-0.39, 0.29) is 0 Å². The maximum atomic E-state index is 5.61. The van der Waals surface area contributed by atoms with Crippen LogP contribution in [-0.2, 0) is 19.5 Å². The lowest BCUT2D eigenvalue weighted by molar-refractivity contribution is 0.176. The highest BCUT2D eigenvalue weighted by Gasteiger charge is 2.20. The lowest BCUT2D eigenvalue weighted by Crippen LogP contribution is -2.49. The monoisotopic (exact) mass is 371 g/mol. The molecule has 2 heterocycles. The molecule has 140 valence electrons. The van der Waals surface area contributed by atoms with Crippen LogP contribution in [0, 0.1) is 6.92 Å². The third-order valence-electron chi connectivity index (χ3n) is 5.04. The summed E-state index contributed by atoms with van der Waals surface area (Å²) in [6, 6.07) is 8.52. The average Bonchev–Trinajstić information content (AvgIpc) is 3.02. The average molecular weight is 372 g/mol. The molecule has 1 N–H and O–H groups in total. The highest BCUT2D eigenvalue weighted by atomic mass is 32.1. The molecular weight excluding hydrogens is 342 g/mol. The number of hydrogen-bond acceptors (Lipinski definition) is 3. The summed E-state index contributed by atoms with van der Waals surface area (Å²) in [6.07, 6.45) is 3.23. The zero-order valence-corrected chi connectivity index (χ0v) is 16.9. The summed E-state index contributed by atoms with van der Waals surface area (Å²) in [7, 11) is 0. The fraction of sp³-hybridized carbons (Fsp3) is 0.500. The van der Waals surface area contributed by atoms with Crippen LogP contribution >= 0.6 is 12.2 Å². The highest BCUT2D eigenvalue weighted by molar-refractivity contribution is 7.80. The summed E-state index contributed by atoms with van der Waals surface area (Å²) in [6.45, 7) is 12.2. The van der Waals surface area contributed by atoms with Gasteiger partial charge in [0, 0.05) is 56.7 Å². The third-order valence-corrected chi connectivity index (χ3v) is 5.40. The van der Waals surface area contributed by atoms with Gasteiger partial charge in [0.1, 0.15) is 0 Å². The molecule has 0 aliphatic carbocycles. The molecular formula is C20H29N5S. The predicted molar refractivity (Wildman–Crippen MR) is 112 cm³/mol. The van der Waals surface area contributed by atoms with Gasteiger partial charge in [0.05, 0.1) is 5.69 Å². The normalized spacial score (nSPS) is 15.3. The van der Waals surface area contributed by atoms with Crippen molar-refractivity contribution >= 4 is 23.0 Å².